The molecule has 5 rings (SSSR count). The van der Waals surface area contributed by atoms with Crippen LogP contribution in [0, 0.1) is 12.7 Å². The number of amides is 1. The van der Waals surface area contributed by atoms with Gasteiger partial charge in [-0.05, 0) is 50.1 Å². The molecule has 1 aliphatic heterocycles. The highest BCUT2D eigenvalue weighted by Gasteiger charge is 2.27. The Hall–Kier alpha value is -3.47. The number of imidazole rings is 1. The van der Waals surface area contributed by atoms with Crippen molar-refractivity contribution < 1.29 is 9.18 Å². The zero-order valence-corrected chi connectivity index (χ0v) is 17.5. The molecule has 4 nitrogen and oxygen atoms in total. The first-order valence-corrected chi connectivity index (χ1v) is 10.7. The number of halogens is 1. The third-order valence-corrected chi connectivity index (χ3v) is 6.10. The summed E-state index contributed by atoms with van der Waals surface area (Å²) in [5, 5.41) is 0. The quantitative estimate of drug-likeness (QED) is 0.437. The molecule has 1 fully saturated rings. The van der Waals surface area contributed by atoms with E-state index < -0.39 is 0 Å². The van der Waals surface area contributed by atoms with Gasteiger partial charge >= 0.3 is 0 Å². The van der Waals surface area contributed by atoms with Crippen molar-refractivity contribution in [2.24, 2.45) is 0 Å². The zero-order chi connectivity index (χ0) is 21.4. The van der Waals surface area contributed by atoms with Crippen LogP contribution in [0.5, 0.6) is 0 Å². The Morgan fingerprint density at radius 3 is 2.39 bits per heavy atom. The molecular formula is C26H24FN3O. The van der Waals surface area contributed by atoms with Crippen LogP contribution in [0.1, 0.15) is 34.8 Å². The maximum absolute atomic E-state index is 14.1. The third kappa shape index (κ3) is 3.72. The fourth-order valence-electron chi connectivity index (χ4n) is 4.43. The molecule has 0 bridgehead atoms. The number of piperidine rings is 1. The van der Waals surface area contributed by atoms with E-state index in [0.29, 0.717) is 13.1 Å². The van der Waals surface area contributed by atoms with Gasteiger partial charge in [0, 0.05) is 30.3 Å². The highest BCUT2D eigenvalue weighted by atomic mass is 19.1. The Morgan fingerprint density at radius 1 is 0.968 bits per heavy atom. The van der Waals surface area contributed by atoms with Crippen LogP contribution in [0.4, 0.5) is 4.39 Å². The number of likely N-dealkylation sites (tertiary alicyclic amines) is 1. The number of benzene rings is 3. The summed E-state index contributed by atoms with van der Waals surface area (Å²) in [6.45, 7) is 3.35. The van der Waals surface area contributed by atoms with Crippen molar-refractivity contribution in [3.05, 3.63) is 89.7 Å². The van der Waals surface area contributed by atoms with Crippen LogP contribution in [0.15, 0.2) is 72.8 Å². The molecule has 1 saturated heterocycles. The first kappa shape index (κ1) is 19.5. The number of carbonyl (C=O) groups excluding carboxylic acids is 1. The van der Waals surface area contributed by atoms with E-state index in [2.05, 4.69) is 4.57 Å². The number of hydrogen-bond donors (Lipinski definition) is 0. The summed E-state index contributed by atoms with van der Waals surface area (Å²) in [5.41, 5.74) is 4.48. The summed E-state index contributed by atoms with van der Waals surface area (Å²) < 4.78 is 16.3. The van der Waals surface area contributed by atoms with Gasteiger partial charge in [-0.25, -0.2) is 9.37 Å². The van der Waals surface area contributed by atoms with Crippen molar-refractivity contribution in [1.29, 1.82) is 0 Å². The molecule has 31 heavy (non-hydrogen) atoms. The van der Waals surface area contributed by atoms with Crippen molar-refractivity contribution in [3.8, 4) is 11.4 Å². The van der Waals surface area contributed by atoms with Crippen LogP contribution >= 0.6 is 0 Å². The number of aryl methyl sites for hydroxylation is 1. The number of hydrogen-bond acceptors (Lipinski definition) is 2. The smallest absolute Gasteiger partial charge is 0.253 e. The van der Waals surface area contributed by atoms with Gasteiger partial charge in [-0.15, -0.1) is 0 Å². The molecule has 0 N–H and O–H groups in total. The second-order valence-corrected chi connectivity index (χ2v) is 8.19. The minimum atomic E-state index is -0.264. The lowest BCUT2D eigenvalue weighted by atomic mass is 10.0. The topological polar surface area (TPSA) is 38.1 Å². The van der Waals surface area contributed by atoms with Gasteiger partial charge in [0.2, 0.25) is 0 Å². The van der Waals surface area contributed by atoms with Gasteiger partial charge in [0.05, 0.1) is 11.0 Å². The minimum absolute atomic E-state index is 0.0725. The van der Waals surface area contributed by atoms with E-state index in [1.807, 2.05) is 66.4 Å². The molecule has 1 aromatic heterocycles. The lowest BCUT2D eigenvalue weighted by molar-refractivity contribution is 0.0696. The van der Waals surface area contributed by atoms with Gasteiger partial charge in [0.25, 0.3) is 5.91 Å². The Labute approximate surface area is 181 Å². The number of rotatable bonds is 3. The molecular weight excluding hydrogens is 389 g/mol. The van der Waals surface area contributed by atoms with Crippen molar-refractivity contribution in [3.63, 3.8) is 0 Å². The minimum Gasteiger partial charge on any atom is -0.338 e. The highest BCUT2D eigenvalue weighted by Crippen LogP contribution is 2.34. The largest absolute Gasteiger partial charge is 0.338 e. The van der Waals surface area contributed by atoms with E-state index in [-0.39, 0.29) is 17.8 Å². The van der Waals surface area contributed by atoms with Crippen molar-refractivity contribution in [2.75, 3.05) is 13.1 Å². The van der Waals surface area contributed by atoms with Gasteiger partial charge in [-0.1, -0.05) is 48.0 Å². The standard InChI is InChI=1S/C26H24FN3O/c1-18-7-9-20(10-8-18)26(31)29-15-13-22(14-16-29)30-24-17-21(27)11-12-23(24)28-25(30)19-5-3-2-4-6-19/h2-12,17,22H,13-16H2,1H3. The molecule has 0 atom stereocenters. The summed E-state index contributed by atoms with van der Waals surface area (Å²) in [4.78, 5) is 19.7. The first-order valence-electron chi connectivity index (χ1n) is 10.7. The predicted molar refractivity (Wildman–Crippen MR) is 120 cm³/mol. The lowest BCUT2D eigenvalue weighted by Gasteiger charge is -2.33. The van der Waals surface area contributed by atoms with E-state index in [9.17, 15) is 9.18 Å². The maximum Gasteiger partial charge on any atom is 0.253 e. The molecule has 1 aliphatic rings. The summed E-state index contributed by atoms with van der Waals surface area (Å²) in [6, 6.07) is 22.7. The molecule has 1 amide bonds. The average molecular weight is 413 g/mol. The number of aromatic nitrogens is 2. The molecule has 0 saturated carbocycles. The molecule has 156 valence electrons. The maximum atomic E-state index is 14.1. The van der Waals surface area contributed by atoms with E-state index in [0.717, 1.165) is 46.4 Å². The van der Waals surface area contributed by atoms with Crippen molar-refractivity contribution >= 4 is 16.9 Å². The molecule has 0 spiro atoms. The number of nitrogens with zero attached hydrogens (tertiary/aromatic N) is 3. The van der Waals surface area contributed by atoms with Crippen LogP contribution in [0.2, 0.25) is 0 Å². The second-order valence-electron chi connectivity index (χ2n) is 8.19. The van der Waals surface area contributed by atoms with E-state index in [1.54, 1.807) is 12.1 Å². The first-order chi connectivity index (χ1) is 15.1. The average Bonchev–Trinajstić information content (AvgIpc) is 3.18. The SMILES string of the molecule is Cc1ccc(C(=O)N2CCC(n3c(-c4ccccc4)nc4ccc(F)cc43)CC2)cc1. The van der Waals surface area contributed by atoms with Crippen LogP contribution < -0.4 is 0 Å². The van der Waals surface area contributed by atoms with Crippen molar-refractivity contribution in [2.45, 2.75) is 25.8 Å². The van der Waals surface area contributed by atoms with Gasteiger partial charge in [-0.3, -0.25) is 4.79 Å². The fourth-order valence-corrected chi connectivity index (χ4v) is 4.43. The predicted octanol–water partition coefficient (Wildman–Crippen LogP) is 5.63. The molecule has 3 aromatic carbocycles. The van der Waals surface area contributed by atoms with E-state index in [1.165, 1.54) is 6.07 Å². The Morgan fingerprint density at radius 2 is 1.68 bits per heavy atom. The van der Waals surface area contributed by atoms with Crippen LogP contribution in [-0.2, 0) is 0 Å². The van der Waals surface area contributed by atoms with Gasteiger partial charge in [-0.2, -0.15) is 0 Å². The molecule has 0 radical (unpaired) electrons. The molecule has 0 aliphatic carbocycles. The molecule has 0 unspecified atom stereocenters. The van der Waals surface area contributed by atoms with Crippen LogP contribution in [0.3, 0.4) is 0 Å². The summed E-state index contributed by atoms with van der Waals surface area (Å²) in [5.74, 6) is 0.660. The third-order valence-electron chi connectivity index (χ3n) is 6.10. The Balaban J connectivity index is 1.44. The summed E-state index contributed by atoms with van der Waals surface area (Å²) in [7, 11) is 0. The molecule has 4 aromatic rings. The number of fused-ring (bicyclic) bond motifs is 1. The number of carbonyl (C=O) groups is 1. The van der Waals surface area contributed by atoms with E-state index in [4.69, 9.17) is 4.98 Å². The Bertz CT molecular complexity index is 1220. The van der Waals surface area contributed by atoms with Crippen LogP contribution in [-0.4, -0.2) is 33.4 Å². The van der Waals surface area contributed by atoms with Crippen molar-refractivity contribution in [1.82, 2.24) is 14.5 Å². The summed E-state index contributed by atoms with van der Waals surface area (Å²) >= 11 is 0. The van der Waals surface area contributed by atoms with Crippen LogP contribution in [0.25, 0.3) is 22.4 Å². The van der Waals surface area contributed by atoms with E-state index >= 15 is 0 Å². The normalized spacial score (nSPS) is 14.8. The molecule has 5 heteroatoms. The van der Waals surface area contributed by atoms with Gasteiger partial charge in [0.15, 0.2) is 0 Å². The molecule has 2 heterocycles. The summed E-state index contributed by atoms with van der Waals surface area (Å²) in [6.07, 6.45) is 1.61. The highest BCUT2D eigenvalue weighted by molar-refractivity contribution is 5.94. The van der Waals surface area contributed by atoms with Gasteiger partial charge in [0.1, 0.15) is 11.6 Å². The van der Waals surface area contributed by atoms with Gasteiger partial charge < -0.3 is 9.47 Å². The Kier molecular flexibility index (Phi) is 5.02. The monoisotopic (exact) mass is 413 g/mol. The zero-order valence-electron chi connectivity index (χ0n) is 17.5. The lowest BCUT2D eigenvalue weighted by Crippen LogP contribution is -2.39. The fraction of sp³-hybridized carbons (Fsp3) is 0.231. The second kappa shape index (κ2) is 7.99.